The van der Waals surface area contributed by atoms with Gasteiger partial charge in [0.1, 0.15) is 0 Å². The monoisotopic (exact) mass is 413 g/mol. The summed E-state index contributed by atoms with van der Waals surface area (Å²) in [6, 6.07) is 13.4. The first-order valence-electron chi connectivity index (χ1n) is 9.99. The molecule has 1 aliphatic rings. The highest BCUT2D eigenvalue weighted by Crippen LogP contribution is 2.24. The molecule has 2 aromatic carbocycles. The molecule has 29 heavy (non-hydrogen) atoms. The molecule has 1 N–H and O–H groups in total. The zero-order chi connectivity index (χ0) is 21.0. The molecule has 0 atom stereocenters. The Hall–Kier alpha value is -2.53. The van der Waals surface area contributed by atoms with Crippen LogP contribution in [-0.2, 0) is 11.3 Å². The Labute approximate surface area is 177 Å². The minimum absolute atomic E-state index is 0.0495. The number of benzene rings is 2. The van der Waals surface area contributed by atoms with Gasteiger partial charge in [-0.2, -0.15) is 0 Å². The highest BCUT2D eigenvalue weighted by atomic mass is 35.5. The van der Waals surface area contributed by atoms with E-state index >= 15 is 0 Å². The van der Waals surface area contributed by atoms with Crippen molar-refractivity contribution in [2.45, 2.75) is 46.2 Å². The molecule has 1 aliphatic heterocycles. The van der Waals surface area contributed by atoms with Crippen LogP contribution in [0, 0.1) is 13.8 Å². The van der Waals surface area contributed by atoms with Gasteiger partial charge in [0.15, 0.2) is 0 Å². The lowest BCUT2D eigenvalue weighted by Crippen LogP contribution is -2.49. The molecule has 0 unspecified atom stereocenters. The number of nitrogens with zero attached hydrogens (tertiary/aromatic N) is 2. The first kappa shape index (κ1) is 21.2. The SMILES string of the molecule is CC(=O)N1CCC(N(Cc2ccccc2Cl)C(=O)Nc2ccc(C)c(C)c2)CC1. The molecule has 1 fully saturated rings. The number of anilines is 1. The van der Waals surface area contributed by atoms with Crippen LogP contribution < -0.4 is 5.32 Å². The first-order chi connectivity index (χ1) is 13.8. The average Bonchev–Trinajstić information content (AvgIpc) is 2.70. The third-order valence-electron chi connectivity index (χ3n) is 5.67. The van der Waals surface area contributed by atoms with Gasteiger partial charge in [-0.15, -0.1) is 0 Å². The van der Waals surface area contributed by atoms with Crippen molar-refractivity contribution < 1.29 is 9.59 Å². The summed E-state index contributed by atoms with van der Waals surface area (Å²) in [5.74, 6) is 0.0840. The maximum atomic E-state index is 13.2. The second-order valence-electron chi connectivity index (χ2n) is 7.69. The molecule has 2 aromatic rings. The fourth-order valence-corrected chi connectivity index (χ4v) is 3.88. The Morgan fingerprint density at radius 2 is 1.79 bits per heavy atom. The van der Waals surface area contributed by atoms with Gasteiger partial charge in [-0.25, -0.2) is 4.79 Å². The second kappa shape index (κ2) is 9.31. The number of hydrogen-bond donors (Lipinski definition) is 1. The van der Waals surface area contributed by atoms with Crippen LogP contribution in [0.4, 0.5) is 10.5 Å². The van der Waals surface area contributed by atoms with Gasteiger partial charge >= 0.3 is 6.03 Å². The van der Waals surface area contributed by atoms with Crippen molar-refractivity contribution in [3.05, 3.63) is 64.2 Å². The molecule has 0 aliphatic carbocycles. The van der Waals surface area contributed by atoms with Crippen molar-refractivity contribution in [3.63, 3.8) is 0 Å². The van der Waals surface area contributed by atoms with Gasteiger partial charge in [0, 0.05) is 43.3 Å². The number of carbonyl (C=O) groups is 2. The van der Waals surface area contributed by atoms with Crippen LogP contribution in [0.2, 0.25) is 5.02 Å². The summed E-state index contributed by atoms with van der Waals surface area (Å²) in [4.78, 5) is 28.6. The summed E-state index contributed by atoms with van der Waals surface area (Å²) in [6.45, 7) is 7.43. The predicted octanol–water partition coefficient (Wildman–Crippen LogP) is 5.00. The lowest BCUT2D eigenvalue weighted by molar-refractivity contribution is -0.130. The van der Waals surface area contributed by atoms with Crippen LogP contribution in [-0.4, -0.2) is 40.9 Å². The maximum Gasteiger partial charge on any atom is 0.322 e. The Kier molecular flexibility index (Phi) is 6.80. The molecule has 154 valence electrons. The molecule has 0 aromatic heterocycles. The Balaban J connectivity index is 1.79. The third-order valence-corrected chi connectivity index (χ3v) is 6.04. The molecule has 6 heteroatoms. The van der Waals surface area contributed by atoms with Crippen molar-refractivity contribution in [3.8, 4) is 0 Å². The van der Waals surface area contributed by atoms with E-state index in [0.29, 0.717) is 24.7 Å². The van der Waals surface area contributed by atoms with E-state index in [0.717, 1.165) is 29.7 Å². The number of aryl methyl sites for hydroxylation is 2. The lowest BCUT2D eigenvalue weighted by atomic mass is 10.0. The van der Waals surface area contributed by atoms with E-state index in [1.165, 1.54) is 5.56 Å². The van der Waals surface area contributed by atoms with E-state index in [1.54, 1.807) is 6.92 Å². The molecule has 0 saturated carbocycles. The highest BCUT2D eigenvalue weighted by Gasteiger charge is 2.29. The number of nitrogens with one attached hydrogen (secondary N) is 1. The molecular formula is C23H28ClN3O2. The smallest absolute Gasteiger partial charge is 0.322 e. The van der Waals surface area contributed by atoms with Crippen molar-refractivity contribution in [2.24, 2.45) is 0 Å². The number of piperidine rings is 1. The minimum atomic E-state index is -0.144. The van der Waals surface area contributed by atoms with E-state index in [1.807, 2.05) is 66.1 Å². The maximum absolute atomic E-state index is 13.2. The summed E-state index contributed by atoms with van der Waals surface area (Å²) >= 11 is 6.36. The Bertz CT molecular complexity index is 891. The third kappa shape index (κ3) is 5.30. The van der Waals surface area contributed by atoms with Gasteiger partial charge in [0.2, 0.25) is 5.91 Å². The minimum Gasteiger partial charge on any atom is -0.343 e. The Morgan fingerprint density at radius 1 is 1.10 bits per heavy atom. The highest BCUT2D eigenvalue weighted by molar-refractivity contribution is 6.31. The quantitative estimate of drug-likeness (QED) is 0.766. The zero-order valence-electron chi connectivity index (χ0n) is 17.2. The molecule has 0 radical (unpaired) electrons. The summed E-state index contributed by atoms with van der Waals surface area (Å²) in [7, 11) is 0. The van der Waals surface area contributed by atoms with Crippen LogP contribution >= 0.6 is 11.6 Å². The fraction of sp³-hybridized carbons (Fsp3) is 0.391. The normalized spacial score (nSPS) is 14.6. The van der Waals surface area contributed by atoms with Crippen molar-refractivity contribution in [1.82, 2.24) is 9.80 Å². The molecule has 3 amide bonds. The average molecular weight is 414 g/mol. The van der Waals surface area contributed by atoms with Crippen molar-refractivity contribution in [2.75, 3.05) is 18.4 Å². The number of hydrogen-bond acceptors (Lipinski definition) is 2. The zero-order valence-corrected chi connectivity index (χ0v) is 18.0. The summed E-state index contributed by atoms with van der Waals surface area (Å²) in [6.07, 6.45) is 1.51. The van der Waals surface area contributed by atoms with E-state index < -0.39 is 0 Å². The molecule has 0 spiro atoms. The molecule has 5 nitrogen and oxygen atoms in total. The predicted molar refractivity (Wildman–Crippen MR) is 117 cm³/mol. The van der Waals surface area contributed by atoms with E-state index in [-0.39, 0.29) is 18.0 Å². The van der Waals surface area contributed by atoms with E-state index in [9.17, 15) is 9.59 Å². The summed E-state index contributed by atoms with van der Waals surface area (Å²) in [5, 5.41) is 3.70. The number of urea groups is 1. The Morgan fingerprint density at radius 3 is 2.41 bits per heavy atom. The van der Waals surface area contributed by atoms with Gasteiger partial charge in [0.25, 0.3) is 0 Å². The molecule has 0 bridgehead atoms. The van der Waals surface area contributed by atoms with Gasteiger partial charge in [-0.05, 0) is 61.6 Å². The van der Waals surface area contributed by atoms with Gasteiger partial charge in [-0.3, -0.25) is 4.79 Å². The number of carbonyl (C=O) groups excluding carboxylic acids is 2. The number of likely N-dealkylation sites (tertiary alicyclic amines) is 1. The fourth-order valence-electron chi connectivity index (χ4n) is 3.68. The van der Waals surface area contributed by atoms with Crippen LogP contribution in [0.5, 0.6) is 0 Å². The first-order valence-corrected chi connectivity index (χ1v) is 10.4. The molecule has 1 saturated heterocycles. The van der Waals surface area contributed by atoms with Gasteiger partial charge in [-0.1, -0.05) is 35.9 Å². The second-order valence-corrected chi connectivity index (χ2v) is 8.09. The summed E-state index contributed by atoms with van der Waals surface area (Å²) < 4.78 is 0. The molecule has 1 heterocycles. The van der Waals surface area contributed by atoms with Crippen molar-refractivity contribution >= 4 is 29.2 Å². The van der Waals surface area contributed by atoms with Crippen LogP contribution in [0.25, 0.3) is 0 Å². The van der Waals surface area contributed by atoms with Crippen molar-refractivity contribution in [1.29, 1.82) is 0 Å². The van der Waals surface area contributed by atoms with Crippen LogP contribution in [0.15, 0.2) is 42.5 Å². The van der Waals surface area contributed by atoms with E-state index in [2.05, 4.69) is 5.32 Å². The topological polar surface area (TPSA) is 52.7 Å². The van der Waals surface area contributed by atoms with Crippen LogP contribution in [0.3, 0.4) is 0 Å². The molecule has 3 rings (SSSR count). The summed E-state index contributed by atoms with van der Waals surface area (Å²) in [5.41, 5.74) is 4.02. The largest absolute Gasteiger partial charge is 0.343 e. The number of rotatable bonds is 4. The van der Waals surface area contributed by atoms with Gasteiger partial charge in [0.05, 0.1) is 0 Å². The number of halogens is 1. The van der Waals surface area contributed by atoms with Crippen LogP contribution in [0.1, 0.15) is 36.5 Å². The number of amides is 3. The van der Waals surface area contributed by atoms with Gasteiger partial charge < -0.3 is 15.1 Å². The van der Waals surface area contributed by atoms with E-state index in [4.69, 9.17) is 11.6 Å². The molecular weight excluding hydrogens is 386 g/mol. The lowest BCUT2D eigenvalue weighted by Gasteiger charge is -2.38. The standard InChI is InChI=1S/C23H28ClN3O2/c1-16-8-9-20(14-17(16)2)25-23(29)27(15-19-6-4-5-7-22(19)24)21-10-12-26(13-11-21)18(3)28/h4-9,14,21H,10-13,15H2,1-3H3,(H,25,29).